The van der Waals surface area contributed by atoms with Crippen molar-refractivity contribution in [2.45, 2.75) is 19.4 Å². The van der Waals surface area contributed by atoms with Crippen LogP contribution in [-0.4, -0.2) is 11.5 Å². The summed E-state index contributed by atoms with van der Waals surface area (Å²) >= 11 is 4.82. The lowest BCUT2D eigenvalue weighted by Gasteiger charge is -2.18. The highest BCUT2D eigenvalue weighted by Gasteiger charge is 2.17. The largest absolute Gasteiger partial charge is 0.310 e. The second kappa shape index (κ2) is 6.41. The normalized spacial score (nSPS) is 12.6. The van der Waals surface area contributed by atoms with Crippen LogP contribution in [0, 0.1) is 5.82 Å². The van der Waals surface area contributed by atoms with E-state index in [-0.39, 0.29) is 11.9 Å². The molecule has 1 unspecified atom stereocenters. The van der Waals surface area contributed by atoms with Crippen LogP contribution < -0.4 is 5.32 Å². The molecule has 0 fully saturated rings. The molecule has 0 saturated carbocycles. The zero-order valence-corrected chi connectivity index (χ0v) is 12.4. The minimum atomic E-state index is -0.194. The van der Waals surface area contributed by atoms with Crippen LogP contribution in [-0.2, 0) is 6.42 Å². The molecule has 1 heterocycles. The third-order valence-electron chi connectivity index (χ3n) is 2.67. The summed E-state index contributed by atoms with van der Waals surface area (Å²) in [6.45, 7) is 2.81. The molecule has 2 nitrogen and oxygen atoms in total. The van der Waals surface area contributed by atoms with Crippen LogP contribution in [0.3, 0.4) is 0 Å². The van der Waals surface area contributed by atoms with Gasteiger partial charge in [0.25, 0.3) is 0 Å². The van der Waals surface area contributed by atoms with Crippen molar-refractivity contribution < 1.29 is 4.39 Å². The van der Waals surface area contributed by atoms with Crippen molar-refractivity contribution in [3.63, 3.8) is 0 Å². The molecule has 0 amide bonds. The number of halogens is 2. The van der Waals surface area contributed by atoms with E-state index in [1.54, 1.807) is 23.6 Å². The van der Waals surface area contributed by atoms with E-state index in [0.717, 1.165) is 11.6 Å². The average Bonchev–Trinajstić information content (AvgIpc) is 2.85. The minimum Gasteiger partial charge on any atom is -0.310 e. The van der Waals surface area contributed by atoms with Crippen LogP contribution in [0.4, 0.5) is 4.39 Å². The maximum absolute atomic E-state index is 14.1. The topological polar surface area (TPSA) is 24.9 Å². The molecule has 2 rings (SSSR count). The van der Waals surface area contributed by atoms with Gasteiger partial charge in [-0.1, -0.05) is 19.1 Å². The Morgan fingerprint density at radius 2 is 2.33 bits per heavy atom. The lowest BCUT2D eigenvalue weighted by Crippen LogP contribution is -2.24. The van der Waals surface area contributed by atoms with Gasteiger partial charge in [-0.25, -0.2) is 9.37 Å². The number of aromatic nitrogens is 1. The fourth-order valence-electron chi connectivity index (χ4n) is 1.86. The Hall–Kier alpha value is -0.780. The minimum absolute atomic E-state index is 0.0429. The summed E-state index contributed by atoms with van der Waals surface area (Å²) in [6.07, 6.45) is 2.49. The van der Waals surface area contributed by atoms with Gasteiger partial charge in [0.15, 0.2) is 0 Å². The zero-order valence-electron chi connectivity index (χ0n) is 9.99. The quantitative estimate of drug-likeness (QED) is 0.899. The number of nitrogens with zero attached hydrogens (tertiary/aromatic N) is 1. The first-order valence-electron chi connectivity index (χ1n) is 5.78. The maximum atomic E-state index is 14.1. The Morgan fingerprint density at radius 3 is 3.00 bits per heavy atom. The molecule has 0 aliphatic heterocycles. The number of thiazole rings is 1. The van der Waals surface area contributed by atoms with Crippen molar-refractivity contribution in [1.29, 1.82) is 0 Å². The molecule has 0 spiro atoms. The van der Waals surface area contributed by atoms with Crippen LogP contribution in [0.1, 0.15) is 23.5 Å². The monoisotopic (exact) mass is 328 g/mol. The number of benzene rings is 1. The number of nitrogens with one attached hydrogen (secondary N) is 1. The van der Waals surface area contributed by atoms with Crippen molar-refractivity contribution in [1.82, 2.24) is 10.3 Å². The molecule has 1 aromatic heterocycles. The standard InChI is InChI=1S/C13H14BrFN2S/c1-2-16-11(8-12-17-6-7-18-12)9-4-3-5-10(14)13(9)15/h3-7,11,16H,2,8H2,1H3. The van der Waals surface area contributed by atoms with E-state index in [1.165, 1.54) is 0 Å². The average molecular weight is 329 g/mol. The SMILES string of the molecule is CCNC(Cc1nccs1)c1cccc(Br)c1F. The van der Waals surface area contributed by atoms with Crippen molar-refractivity contribution in [2.24, 2.45) is 0 Å². The highest BCUT2D eigenvalue weighted by molar-refractivity contribution is 9.10. The third-order valence-corrected chi connectivity index (χ3v) is 4.08. The van der Waals surface area contributed by atoms with E-state index in [1.807, 2.05) is 24.4 Å². The molecule has 0 bridgehead atoms. The van der Waals surface area contributed by atoms with Crippen LogP contribution >= 0.6 is 27.3 Å². The van der Waals surface area contributed by atoms with Gasteiger partial charge in [-0.15, -0.1) is 11.3 Å². The van der Waals surface area contributed by atoms with Crippen LogP contribution in [0.2, 0.25) is 0 Å². The molecule has 2 aromatic rings. The van der Waals surface area contributed by atoms with Gasteiger partial charge in [-0.05, 0) is 28.5 Å². The van der Waals surface area contributed by atoms with E-state index in [0.29, 0.717) is 16.5 Å². The first-order chi connectivity index (χ1) is 8.72. The lowest BCUT2D eigenvalue weighted by molar-refractivity contribution is 0.507. The number of hydrogen-bond donors (Lipinski definition) is 1. The second-order valence-electron chi connectivity index (χ2n) is 3.88. The van der Waals surface area contributed by atoms with Gasteiger partial charge < -0.3 is 5.32 Å². The molecule has 96 valence electrons. The van der Waals surface area contributed by atoms with Gasteiger partial charge in [-0.2, -0.15) is 0 Å². The first kappa shape index (κ1) is 13.6. The number of rotatable bonds is 5. The molecular formula is C13H14BrFN2S. The molecule has 0 saturated heterocycles. The summed E-state index contributed by atoms with van der Waals surface area (Å²) in [5.74, 6) is -0.194. The van der Waals surface area contributed by atoms with E-state index < -0.39 is 0 Å². The van der Waals surface area contributed by atoms with Crippen LogP contribution in [0.25, 0.3) is 0 Å². The van der Waals surface area contributed by atoms with Crippen LogP contribution in [0.5, 0.6) is 0 Å². The van der Waals surface area contributed by atoms with Crippen molar-refractivity contribution >= 4 is 27.3 Å². The Morgan fingerprint density at radius 1 is 1.50 bits per heavy atom. The highest BCUT2D eigenvalue weighted by Crippen LogP contribution is 2.26. The van der Waals surface area contributed by atoms with Gasteiger partial charge in [-0.3, -0.25) is 0 Å². The predicted octanol–water partition coefficient (Wildman–Crippen LogP) is 3.94. The lowest BCUT2D eigenvalue weighted by atomic mass is 10.0. The summed E-state index contributed by atoms with van der Waals surface area (Å²) in [5, 5.41) is 6.27. The van der Waals surface area contributed by atoms with Gasteiger partial charge in [0, 0.05) is 29.6 Å². The molecule has 0 aliphatic carbocycles. The third kappa shape index (κ3) is 3.16. The Labute approximate surface area is 118 Å². The predicted molar refractivity (Wildman–Crippen MR) is 76.3 cm³/mol. The van der Waals surface area contributed by atoms with Crippen LogP contribution in [0.15, 0.2) is 34.2 Å². The molecule has 0 aliphatic rings. The Kier molecular flexibility index (Phi) is 4.86. The number of hydrogen-bond acceptors (Lipinski definition) is 3. The van der Waals surface area contributed by atoms with Crippen molar-refractivity contribution in [2.75, 3.05) is 6.54 Å². The van der Waals surface area contributed by atoms with Gasteiger partial charge >= 0.3 is 0 Å². The summed E-state index contributed by atoms with van der Waals surface area (Å²) in [4.78, 5) is 4.26. The fraction of sp³-hybridized carbons (Fsp3) is 0.308. The van der Waals surface area contributed by atoms with Gasteiger partial charge in [0.05, 0.1) is 9.48 Å². The molecule has 0 radical (unpaired) electrons. The van der Waals surface area contributed by atoms with Gasteiger partial charge in [0.2, 0.25) is 0 Å². The molecule has 5 heteroatoms. The molecule has 1 atom stereocenters. The summed E-state index contributed by atoms with van der Waals surface area (Å²) in [5.41, 5.74) is 0.682. The van der Waals surface area contributed by atoms with Gasteiger partial charge in [0.1, 0.15) is 5.82 Å². The summed E-state index contributed by atoms with van der Waals surface area (Å²) < 4.78 is 14.6. The van der Waals surface area contributed by atoms with Crippen molar-refractivity contribution in [3.05, 3.63) is 50.6 Å². The Bertz CT molecular complexity index is 502. The highest BCUT2D eigenvalue weighted by atomic mass is 79.9. The van der Waals surface area contributed by atoms with E-state index in [9.17, 15) is 4.39 Å². The second-order valence-corrected chi connectivity index (χ2v) is 5.72. The summed E-state index contributed by atoms with van der Waals surface area (Å²) in [6, 6.07) is 5.35. The molecule has 1 aromatic carbocycles. The fourth-order valence-corrected chi connectivity index (χ4v) is 2.90. The van der Waals surface area contributed by atoms with E-state index in [2.05, 4.69) is 26.2 Å². The zero-order chi connectivity index (χ0) is 13.0. The molecule has 18 heavy (non-hydrogen) atoms. The molecule has 1 N–H and O–H groups in total. The van der Waals surface area contributed by atoms with E-state index >= 15 is 0 Å². The van der Waals surface area contributed by atoms with Crippen molar-refractivity contribution in [3.8, 4) is 0 Å². The first-order valence-corrected chi connectivity index (χ1v) is 7.45. The Balaban J connectivity index is 2.26. The number of likely N-dealkylation sites (N-methyl/N-ethyl adjacent to an activating group) is 1. The summed E-state index contributed by atoms with van der Waals surface area (Å²) in [7, 11) is 0. The smallest absolute Gasteiger partial charge is 0.142 e. The molecular weight excluding hydrogens is 315 g/mol. The van der Waals surface area contributed by atoms with E-state index in [4.69, 9.17) is 0 Å². The maximum Gasteiger partial charge on any atom is 0.142 e.